The lowest BCUT2D eigenvalue weighted by Gasteiger charge is -2.25. The Balaban J connectivity index is 2.01. The van der Waals surface area contributed by atoms with Crippen LogP contribution in [0, 0.1) is 6.92 Å². The maximum absolute atomic E-state index is 13.3. The number of amides is 1. The normalized spacial score (nSPS) is 17.5. The van der Waals surface area contributed by atoms with Gasteiger partial charge in [-0.3, -0.25) is 19.5 Å². The molecule has 0 spiro atoms. The lowest BCUT2D eigenvalue weighted by atomic mass is 9.97. The number of aliphatic hydroxyl groups is 1. The van der Waals surface area contributed by atoms with E-state index in [9.17, 15) is 14.7 Å². The zero-order valence-electron chi connectivity index (χ0n) is 17.9. The van der Waals surface area contributed by atoms with Gasteiger partial charge in [-0.05, 0) is 48.9 Å². The van der Waals surface area contributed by atoms with Crippen LogP contribution in [0.25, 0.3) is 5.76 Å². The first-order valence-electron chi connectivity index (χ1n) is 9.98. The topological polar surface area (TPSA) is 89.0 Å². The highest BCUT2D eigenvalue weighted by molar-refractivity contribution is 6.51. The zero-order valence-corrected chi connectivity index (χ0v) is 17.9. The number of carbonyl (C=O) groups excluding carboxylic acids is 2. The minimum absolute atomic E-state index is 0.0852. The van der Waals surface area contributed by atoms with Crippen molar-refractivity contribution in [1.82, 2.24) is 4.98 Å². The lowest BCUT2D eigenvalue weighted by Crippen LogP contribution is -2.29. The molecule has 1 saturated heterocycles. The average Bonchev–Trinajstić information content (AvgIpc) is 3.09. The number of aryl methyl sites for hydroxylation is 1. The van der Waals surface area contributed by atoms with E-state index in [2.05, 4.69) is 4.98 Å². The second-order valence-corrected chi connectivity index (χ2v) is 7.30. The number of aromatic nitrogens is 1. The minimum atomic E-state index is -0.924. The smallest absolute Gasteiger partial charge is 0.300 e. The van der Waals surface area contributed by atoms with Crippen LogP contribution in [-0.4, -0.2) is 36.0 Å². The number of ketones is 1. The van der Waals surface area contributed by atoms with Gasteiger partial charge in [-0.1, -0.05) is 24.3 Å². The third kappa shape index (κ3) is 3.47. The summed E-state index contributed by atoms with van der Waals surface area (Å²) in [6.45, 7) is 1.90. The molecule has 1 amide bonds. The monoisotopic (exact) mass is 430 g/mol. The molecule has 1 aromatic heterocycles. The van der Waals surface area contributed by atoms with E-state index in [1.54, 1.807) is 48.7 Å². The van der Waals surface area contributed by atoms with Gasteiger partial charge in [0, 0.05) is 11.9 Å². The Labute approximate surface area is 185 Å². The third-order valence-corrected chi connectivity index (χ3v) is 5.36. The van der Waals surface area contributed by atoms with Gasteiger partial charge in [0.2, 0.25) is 0 Å². The number of anilines is 1. The number of methoxy groups -OCH3 is 2. The number of nitrogens with zero attached hydrogens (tertiary/aromatic N) is 2. The number of rotatable bonds is 5. The van der Waals surface area contributed by atoms with Crippen molar-refractivity contribution >= 4 is 23.1 Å². The number of benzene rings is 2. The molecular formula is C25H22N2O5. The number of Topliss-reactive ketones (excluding diaryl/α,β-unsaturated/α-hetero) is 1. The molecule has 0 saturated carbocycles. The Hall–Kier alpha value is -4.13. The maximum atomic E-state index is 13.3. The van der Waals surface area contributed by atoms with Gasteiger partial charge in [-0.2, -0.15) is 0 Å². The van der Waals surface area contributed by atoms with Gasteiger partial charge in [0.05, 0.1) is 25.5 Å². The van der Waals surface area contributed by atoms with Crippen molar-refractivity contribution < 1.29 is 24.2 Å². The van der Waals surface area contributed by atoms with Crippen molar-refractivity contribution in [2.75, 3.05) is 19.1 Å². The van der Waals surface area contributed by atoms with E-state index in [0.717, 1.165) is 5.56 Å². The molecule has 7 heteroatoms. The first-order chi connectivity index (χ1) is 15.5. The number of hydrogen-bond acceptors (Lipinski definition) is 6. The second-order valence-electron chi connectivity index (χ2n) is 7.30. The number of hydrogen-bond donors (Lipinski definition) is 1. The molecule has 7 nitrogen and oxygen atoms in total. The van der Waals surface area contributed by atoms with Crippen molar-refractivity contribution in [3.63, 3.8) is 0 Å². The van der Waals surface area contributed by atoms with Crippen molar-refractivity contribution in [2.24, 2.45) is 0 Å². The van der Waals surface area contributed by atoms with Crippen LogP contribution < -0.4 is 14.4 Å². The maximum Gasteiger partial charge on any atom is 0.300 e. The van der Waals surface area contributed by atoms with Gasteiger partial charge in [0.1, 0.15) is 28.9 Å². The van der Waals surface area contributed by atoms with Gasteiger partial charge in [0.15, 0.2) is 0 Å². The summed E-state index contributed by atoms with van der Waals surface area (Å²) in [5.41, 5.74) is 2.02. The molecule has 1 aliphatic heterocycles. The number of ether oxygens (including phenoxy) is 2. The molecule has 1 aliphatic rings. The van der Waals surface area contributed by atoms with Crippen LogP contribution in [0.3, 0.4) is 0 Å². The minimum Gasteiger partial charge on any atom is -0.506 e. The van der Waals surface area contributed by atoms with E-state index in [1.165, 1.54) is 19.1 Å². The predicted molar refractivity (Wildman–Crippen MR) is 120 cm³/mol. The van der Waals surface area contributed by atoms with E-state index in [4.69, 9.17) is 9.47 Å². The zero-order chi connectivity index (χ0) is 22.8. The van der Waals surface area contributed by atoms with Crippen molar-refractivity contribution in [3.05, 3.63) is 89.3 Å². The SMILES string of the molecule is COc1cccc(OC)c1/C(O)=C1\C(=O)C(=O)N(c2cccc(C)c2)C1c1ccccn1. The summed E-state index contributed by atoms with van der Waals surface area (Å²) in [6, 6.07) is 16.6. The average molecular weight is 430 g/mol. The number of aliphatic hydroxyl groups excluding tert-OH is 1. The fourth-order valence-corrected chi connectivity index (χ4v) is 3.91. The summed E-state index contributed by atoms with van der Waals surface area (Å²) < 4.78 is 10.8. The van der Waals surface area contributed by atoms with Crippen LogP contribution in [0.1, 0.15) is 22.9 Å². The van der Waals surface area contributed by atoms with E-state index >= 15 is 0 Å². The van der Waals surface area contributed by atoms with Crippen LogP contribution in [0.2, 0.25) is 0 Å². The van der Waals surface area contributed by atoms with Gasteiger partial charge in [0.25, 0.3) is 11.7 Å². The van der Waals surface area contributed by atoms with Crippen molar-refractivity contribution in [2.45, 2.75) is 13.0 Å². The van der Waals surface area contributed by atoms with Crippen molar-refractivity contribution in [3.8, 4) is 11.5 Å². The predicted octanol–water partition coefficient (Wildman–Crippen LogP) is 4.03. The largest absolute Gasteiger partial charge is 0.506 e. The Morgan fingerprint density at radius 3 is 2.25 bits per heavy atom. The number of pyridine rings is 1. The quantitative estimate of drug-likeness (QED) is 0.373. The Morgan fingerprint density at radius 2 is 1.66 bits per heavy atom. The standard InChI is InChI=1S/C25H22N2O5/c1-15-8-6-9-16(14-15)27-22(17-10-4-5-13-26-17)21(24(29)25(27)30)23(28)20-18(31-2)11-7-12-19(20)32-3/h4-14,22,28H,1-3H3/b23-21+. The van der Waals surface area contributed by atoms with Crippen LogP contribution in [-0.2, 0) is 9.59 Å². The van der Waals surface area contributed by atoms with Gasteiger partial charge >= 0.3 is 0 Å². The molecule has 1 unspecified atom stereocenters. The summed E-state index contributed by atoms with van der Waals surface area (Å²) >= 11 is 0. The van der Waals surface area contributed by atoms with E-state index in [0.29, 0.717) is 22.9 Å². The second kappa shape index (κ2) is 8.55. The molecule has 4 rings (SSSR count). The van der Waals surface area contributed by atoms with Crippen molar-refractivity contribution in [1.29, 1.82) is 0 Å². The molecule has 0 radical (unpaired) electrons. The molecule has 2 aromatic carbocycles. The van der Waals surface area contributed by atoms with Crippen LogP contribution in [0.5, 0.6) is 11.5 Å². The molecule has 2 heterocycles. The Morgan fingerprint density at radius 1 is 0.969 bits per heavy atom. The fourth-order valence-electron chi connectivity index (χ4n) is 3.91. The molecular weight excluding hydrogens is 408 g/mol. The molecule has 32 heavy (non-hydrogen) atoms. The highest BCUT2D eigenvalue weighted by Gasteiger charge is 2.48. The molecule has 162 valence electrons. The van der Waals surface area contributed by atoms with Gasteiger partial charge in [-0.25, -0.2) is 0 Å². The summed E-state index contributed by atoms with van der Waals surface area (Å²) in [5, 5.41) is 11.4. The summed E-state index contributed by atoms with van der Waals surface area (Å²) in [7, 11) is 2.90. The summed E-state index contributed by atoms with van der Waals surface area (Å²) in [6.07, 6.45) is 1.58. The van der Waals surface area contributed by atoms with Gasteiger partial charge in [-0.15, -0.1) is 0 Å². The van der Waals surface area contributed by atoms with Crippen LogP contribution in [0.4, 0.5) is 5.69 Å². The van der Waals surface area contributed by atoms with E-state index in [1.807, 2.05) is 25.1 Å². The Kier molecular flexibility index (Phi) is 5.64. The van der Waals surface area contributed by atoms with Crippen LogP contribution >= 0.6 is 0 Å². The third-order valence-electron chi connectivity index (χ3n) is 5.36. The molecule has 0 aliphatic carbocycles. The molecule has 1 N–H and O–H groups in total. The molecule has 3 aromatic rings. The first-order valence-corrected chi connectivity index (χ1v) is 9.98. The van der Waals surface area contributed by atoms with Crippen LogP contribution in [0.15, 0.2) is 72.4 Å². The first kappa shape index (κ1) is 21.1. The highest BCUT2D eigenvalue weighted by Crippen LogP contribution is 2.44. The summed E-state index contributed by atoms with van der Waals surface area (Å²) in [4.78, 5) is 32.2. The molecule has 0 bridgehead atoms. The lowest BCUT2D eigenvalue weighted by molar-refractivity contribution is -0.132. The van der Waals surface area contributed by atoms with E-state index in [-0.39, 0.29) is 16.9 Å². The molecule has 1 fully saturated rings. The van der Waals surface area contributed by atoms with E-state index < -0.39 is 17.7 Å². The summed E-state index contributed by atoms with van der Waals surface area (Å²) in [5.74, 6) is -1.33. The highest BCUT2D eigenvalue weighted by atomic mass is 16.5. The molecule has 1 atom stereocenters. The fraction of sp³-hybridized carbons (Fsp3) is 0.160. The van der Waals surface area contributed by atoms with Gasteiger partial charge < -0.3 is 14.6 Å². The number of carbonyl (C=O) groups is 2. The Bertz CT molecular complexity index is 1200.